The normalized spacial score (nSPS) is 23.9. The Labute approximate surface area is 258 Å². The van der Waals surface area contributed by atoms with Crippen molar-refractivity contribution in [3.8, 4) is 11.5 Å². The number of aromatic hydroxyl groups is 2. The molecule has 4 aromatic rings. The predicted molar refractivity (Wildman–Crippen MR) is 178 cm³/mol. The maximum absolute atomic E-state index is 11.5. The van der Waals surface area contributed by atoms with Crippen molar-refractivity contribution in [2.24, 2.45) is 11.8 Å². The van der Waals surface area contributed by atoms with E-state index in [1.54, 1.807) is 0 Å². The van der Waals surface area contributed by atoms with Crippen LogP contribution in [0.1, 0.15) is 122 Å². The Kier molecular flexibility index (Phi) is 9.22. The molecule has 0 aromatic heterocycles. The first-order valence-electron chi connectivity index (χ1n) is 16.7. The number of phenolic OH excluding ortho intramolecular Hbond substituents is 2. The number of benzene rings is 4. The fourth-order valence-electron chi connectivity index (χ4n) is 8.29. The smallest absolute Gasteiger partial charge is 0.122 e. The van der Waals surface area contributed by atoms with Crippen LogP contribution in [0.4, 0.5) is 0 Å². The first-order valence-corrected chi connectivity index (χ1v) is 16.7. The summed E-state index contributed by atoms with van der Waals surface area (Å²) < 4.78 is 0. The van der Waals surface area contributed by atoms with Crippen molar-refractivity contribution in [2.45, 2.75) is 95.3 Å². The molecule has 6 rings (SSSR count). The Morgan fingerprint density at radius 1 is 0.488 bits per heavy atom. The first-order chi connectivity index (χ1) is 21.0. The van der Waals surface area contributed by atoms with Crippen LogP contribution in [0.25, 0.3) is 0 Å². The van der Waals surface area contributed by atoms with E-state index in [1.807, 2.05) is 12.1 Å². The molecule has 0 bridgehead atoms. The molecule has 43 heavy (non-hydrogen) atoms. The van der Waals surface area contributed by atoms with E-state index in [0.29, 0.717) is 53.4 Å². The van der Waals surface area contributed by atoms with E-state index in [9.17, 15) is 10.2 Å². The molecule has 2 heteroatoms. The van der Waals surface area contributed by atoms with Gasteiger partial charge >= 0.3 is 0 Å². The summed E-state index contributed by atoms with van der Waals surface area (Å²) in [7, 11) is 0. The number of hydrogen-bond acceptors (Lipinski definition) is 2. The Bertz CT molecular complexity index is 1350. The standard InChI is InChI=1S/C41H48O2/c1-28(30-11-5-3-6-12-30)32-19-23-34(24-20-32)38-17-9-15-36(40(38)42)27-37-16-10-18-39(41(37)43)35-25-21-33(22-26-35)29(2)31-13-7-4-8-14-31/h3-18,28-29,32-35,42-43H,19-27H2,1-2H3. The fraction of sp³-hybridized carbons (Fsp3) is 0.415. The van der Waals surface area contributed by atoms with E-state index in [1.165, 1.54) is 36.8 Å². The molecule has 0 aliphatic heterocycles. The summed E-state index contributed by atoms with van der Waals surface area (Å²) in [6, 6.07) is 34.3. The van der Waals surface area contributed by atoms with Gasteiger partial charge in [0.2, 0.25) is 0 Å². The molecule has 0 heterocycles. The highest BCUT2D eigenvalue weighted by atomic mass is 16.3. The summed E-state index contributed by atoms with van der Waals surface area (Å²) in [5, 5.41) is 22.9. The molecule has 2 nitrogen and oxygen atoms in total. The molecule has 0 amide bonds. The van der Waals surface area contributed by atoms with E-state index in [4.69, 9.17) is 0 Å². The average molecular weight is 573 g/mol. The summed E-state index contributed by atoms with van der Waals surface area (Å²) in [6.45, 7) is 4.74. The number of phenols is 2. The van der Waals surface area contributed by atoms with Crippen molar-refractivity contribution < 1.29 is 10.2 Å². The van der Waals surface area contributed by atoms with Crippen LogP contribution in [0.5, 0.6) is 11.5 Å². The summed E-state index contributed by atoms with van der Waals surface area (Å²) in [5.74, 6) is 4.18. The second kappa shape index (κ2) is 13.4. The van der Waals surface area contributed by atoms with Crippen molar-refractivity contribution in [3.63, 3.8) is 0 Å². The molecular formula is C41H48O2. The van der Waals surface area contributed by atoms with Gasteiger partial charge in [-0.2, -0.15) is 0 Å². The van der Waals surface area contributed by atoms with Crippen molar-refractivity contribution in [1.82, 2.24) is 0 Å². The van der Waals surface area contributed by atoms with Crippen LogP contribution < -0.4 is 0 Å². The third kappa shape index (κ3) is 6.54. The maximum Gasteiger partial charge on any atom is 0.122 e. The van der Waals surface area contributed by atoms with Crippen LogP contribution in [0.15, 0.2) is 97.1 Å². The largest absolute Gasteiger partial charge is 0.507 e. The molecule has 0 saturated heterocycles. The second-order valence-corrected chi connectivity index (χ2v) is 13.5. The highest BCUT2D eigenvalue weighted by molar-refractivity contribution is 5.49. The Hall–Kier alpha value is -3.52. The van der Waals surface area contributed by atoms with Gasteiger partial charge in [-0.05, 0) is 120 Å². The molecule has 2 aliphatic carbocycles. The highest BCUT2D eigenvalue weighted by Gasteiger charge is 2.30. The van der Waals surface area contributed by atoms with Crippen molar-refractivity contribution in [3.05, 3.63) is 130 Å². The minimum atomic E-state index is 0.396. The van der Waals surface area contributed by atoms with Crippen molar-refractivity contribution in [2.75, 3.05) is 0 Å². The molecule has 0 radical (unpaired) electrons. The van der Waals surface area contributed by atoms with E-state index in [0.717, 1.165) is 47.9 Å². The third-order valence-corrected chi connectivity index (χ3v) is 11.2. The van der Waals surface area contributed by atoms with E-state index in [2.05, 4.69) is 98.8 Å². The monoisotopic (exact) mass is 572 g/mol. The van der Waals surface area contributed by atoms with Crippen molar-refractivity contribution in [1.29, 1.82) is 0 Å². The van der Waals surface area contributed by atoms with Crippen LogP contribution in [-0.2, 0) is 6.42 Å². The molecule has 2 fully saturated rings. The molecule has 0 spiro atoms. The molecule has 2 atom stereocenters. The molecule has 2 N–H and O–H groups in total. The van der Waals surface area contributed by atoms with Crippen LogP contribution >= 0.6 is 0 Å². The molecule has 4 aromatic carbocycles. The van der Waals surface area contributed by atoms with Gasteiger partial charge in [0.15, 0.2) is 0 Å². The maximum atomic E-state index is 11.5. The lowest BCUT2D eigenvalue weighted by molar-refractivity contribution is 0.287. The lowest BCUT2D eigenvalue weighted by Gasteiger charge is -2.33. The minimum Gasteiger partial charge on any atom is -0.507 e. The van der Waals surface area contributed by atoms with Crippen LogP contribution in [0.3, 0.4) is 0 Å². The summed E-state index contributed by atoms with van der Waals surface area (Å²) in [4.78, 5) is 0. The van der Waals surface area contributed by atoms with Gasteiger partial charge in [-0.15, -0.1) is 0 Å². The second-order valence-electron chi connectivity index (χ2n) is 13.5. The number of para-hydroxylation sites is 2. The number of rotatable bonds is 8. The summed E-state index contributed by atoms with van der Waals surface area (Å²) in [5.41, 5.74) is 6.89. The Morgan fingerprint density at radius 3 is 1.23 bits per heavy atom. The van der Waals surface area contributed by atoms with E-state index in [-0.39, 0.29) is 0 Å². The third-order valence-electron chi connectivity index (χ3n) is 11.2. The zero-order valence-electron chi connectivity index (χ0n) is 26.0. The fourth-order valence-corrected chi connectivity index (χ4v) is 8.29. The van der Waals surface area contributed by atoms with Crippen LogP contribution in [-0.4, -0.2) is 10.2 Å². The average Bonchev–Trinajstić information content (AvgIpc) is 3.07. The van der Waals surface area contributed by atoms with Gasteiger partial charge in [0.05, 0.1) is 0 Å². The topological polar surface area (TPSA) is 40.5 Å². The van der Waals surface area contributed by atoms with Crippen LogP contribution in [0.2, 0.25) is 0 Å². The van der Waals surface area contributed by atoms with Crippen LogP contribution in [0, 0.1) is 11.8 Å². The van der Waals surface area contributed by atoms with E-state index < -0.39 is 0 Å². The zero-order valence-corrected chi connectivity index (χ0v) is 26.0. The van der Waals surface area contributed by atoms with E-state index >= 15 is 0 Å². The van der Waals surface area contributed by atoms with Gasteiger partial charge in [0.1, 0.15) is 11.5 Å². The first kappa shape index (κ1) is 29.5. The molecule has 2 saturated carbocycles. The molecule has 2 aliphatic rings. The molecular weight excluding hydrogens is 524 g/mol. The molecule has 224 valence electrons. The minimum absolute atomic E-state index is 0.396. The quantitative estimate of drug-likeness (QED) is 0.220. The van der Waals surface area contributed by atoms with Gasteiger partial charge in [-0.3, -0.25) is 0 Å². The van der Waals surface area contributed by atoms with Gasteiger partial charge in [0.25, 0.3) is 0 Å². The SMILES string of the molecule is CC(c1ccccc1)C1CCC(c2cccc(Cc3cccc(C4CCC(C(C)c5ccccc5)CC4)c3O)c2O)CC1. The van der Waals surface area contributed by atoms with Gasteiger partial charge in [-0.25, -0.2) is 0 Å². The lowest BCUT2D eigenvalue weighted by Crippen LogP contribution is -2.18. The van der Waals surface area contributed by atoms with Gasteiger partial charge in [-0.1, -0.05) is 111 Å². The number of hydrogen-bond donors (Lipinski definition) is 2. The summed E-state index contributed by atoms with van der Waals surface area (Å²) >= 11 is 0. The summed E-state index contributed by atoms with van der Waals surface area (Å²) in [6.07, 6.45) is 9.80. The zero-order chi connectivity index (χ0) is 29.8. The van der Waals surface area contributed by atoms with Gasteiger partial charge in [0, 0.05) is 6.42 Å². The Balaban J connectivity index is 1.10. The molecule has 2 unspecified atom stereocenters. The highest BCUT2D eigenvalue weighted by Crippen LogP contribution is 2.46. The Morgan fingerprint density at radius 2 is 0.860 bits per heavy atom. The predicted octanol–water partition coefficient (Wildman–Crippen LogP) is 10.8. The van der Waals surface area contributed by atoms with Crippen molar-refractivity contribution >= 4 is 0 Å². The van der Waals surface area contributed by atoms with Gasteiger partial charge < -0.3 is 10.2 Å². The lowest BCUT2D eigenvalue weighted by atomic mass is 9.72.